The van der Waals surface area contributed by atoms with Crippen molar-refractivity contribution in [2.75, 3.05) is 13.2 Å². The third-order valence-electron chi connectivity index (χ3n) is 2.53. The maximum absolute atomic E-state index is 13.6. The molecule has 2 heterocycles. The number of hydrogen-bond acceptors (Lipinski definition) is 4. The van der Waals surface area contributed by atoms with Crippen molar-refractivity contribution in [2.45, 2.75) is 12.0 Å². The quantitative estimate of drug-likeness (QED) is 0.878. The Morgan fingerprint density at radius 1 is 1.44 bits per heavy atom. The fraction of sp³-hybridized carbons (Fsp3) is 0.400. The second kappa shape index (κ2) is 4.45. The molecular formula is C10H10F3N4O-. The first kappa shape index (κ1) is 12.6. The second-order valence-corrected chi connectivity index (χ2v) is 3.85. The largest absolute Gasteiger partial charge is 0.482 e. The van der Waals surface area contributed by atoms with Gasteiger partial charge in [-0.2, -0.15) is 0 Å². The molecule has 0 bridgehead atoms. The molecule has 0 aromatic carbocycles. The molecule has 8 heteroatoms. The van der Waals surface area contributed by atoms with Gasteiger partial charge in [-0.05, 0) is 6.07 Å². The number of nitrogens with one attached hydrogen (secondary N) is 1. The van der Waals surface area contributed by atoms with Gasteiger partial charge in [0.05, 0.1) is 6.61 Å². The van der Waals surface area contributed by atoms with Crippen LogP contribution in [0, 0.1) is 5.82 Å². The van der Waals surface area contributed by atoms with E-state index in [1.165, 1.54) is 0 Å². The molecule has 98 valence electrons. The van der Waals surface area contributed by atoms with E-state index in [1.807, 2.05) is 0 Å². The summed E-state index contributed by atoms with van der Waals surface area (Å²) in [6.45, 7) is -0.616. The summed E-state index contributed by atoms with van der Waals surface area (Å²) >= 11 is 0. The molecule has 0 spiro atoms. The van der Waals surface area contributed by atoms with Crippen LogP contribution in [0.5, 0.6) is 0 Å². The standard InChI is InChI=1S/C10H10F3N4O/c11-5-1-2-6(14)16-8(5)10(9(12)13)4-18-3-7(15)17-10/h1-2,9H,3-4H2,(H3-,14,15,16,17)/q-1. The smallest absolute Gasteiger partial charge is 0.269 e. The average Bonchev–Trinajstić information content (AvgIpc) is 2.32. The lowest BCUT2D eigenvalue weighted by molar-refractivity contribution is -0.0167. The summed E-state index contributed by atoms with van der Waals surface area (Å²) < 4.78 is 45.0. The summed E-state index contributed by atoms with van der Waals surface area (Å²) in [6.07, 6.45) is -3.04. The van der Waals surface area contributed by atoms with Gasteiger partial charge in [-0.1, -0.05) is 11.9 Å². The van der Waals surface area contributed by atoms with E-state index in [9.17, 15) is 13.2 Å². The van der Waals surface area contributed by atoms with E-state index in [0.717, 1.165) is 12.1 Å². The molecule has 1 unspecified atom stereocenters. The van der Waals surface area contributed by atoms with Gasteiger partial charge >= 0.3 is 0 Å². The van der Waals surface area contributed by atoms with Gasteiger partial charge in [-0.25, -0.2) is 13.2 Å². The molecule has 2 rings (SSSR count). The van der Waals surface area contributed by atoms with Gasteiger partial charge in [-0.15, -0.1) is 0 Å². The van der Waals surface area contributed by atoms with E-state index in [4.69, 9.17) is 16.2 Å². The Bertz CT molecular complexity index is 494. The summed E-state index contributed by atoms with van der Waals surface area (Å²) in [7, 11) is 0. The molecule has 0 amide bonds. The number of hydrogen-bond donors (Lipinski definition) is 1. The summed E-state index contributed by atoms with van der Waals surface area (Å²) in [5.74, 6) is -1.45. The van der Waals surface area contributed by atoms with Crippen molar-refractivity contribution in [2.24, 2.45) is 10.7 Å². The van der Waals surface area contributed by atoms with Crippen LogP contribution in [-0.2, 0) is 10.3 Å². The monoisotopic (exact) mass is 259 g/mol. The minimum Gasteiger partial charge on any atom is -0.482 e. The number of alkyl halides is 2. The molecule has 3 N–H and O–H groups in total. The van der Waals surface area contributed by atoms with Crippen molar-refractivity contribution in [3.63, 3.8) is 0 Å². The van der Waals surface area contributed by atoms with E-state index < -0.39 is 30.1 Å². The normalized spacial score (nSPS) is 24.1. The maximum Gasteiger partial charge on any atom is 0.269 e. The highest BCUT2D eigenvalue weighted by atomic mass is 19.3. The van der Waals surface area contributed by atoms with Gasteiger partial charge in [0, 0.05) is 5.69 Å². The van der Waals surface area contributed by atoms with Gasteiger partial charge in [0.2, 0.25) is 0 Å². The highest BCUT2D eigenvalue weighted by Crippen LogP contribution is 2.36. The van der Waals surface area contributed by atoms with Crippen LogP contribution in [0.2, 0.25) is 0 Å². The molecule has 0 saturated heterocycles. The number of rotatable bonds is 2. The molecule has 1 aromatic rings. The van der Waals surface area contributed by atoms with Crippen molar-refractivity contribution in [1.82, 2.24) is 4.98 Å². The van der Waals surface area contributed by atoms with Crippen LogP contribution in [-0.4, -0.2) is 30.5 Å². The Kier molecular flexibility index (Phi) is 3.12. The van der Waals surface area contributed by atoms with Crippen molar-refractivity contribution in [3.8, 4) is 0 Å². The summed E-state index contributed by atoms with van der Waals surface area (Å²) in [5, 5.41) is 0. The summed E-state index contributed by atoms with van der Waals surface area (Å²) in [6, 6.07) is 1.96. The lowest BCUT2D eigenvalue weighted by Crippen LogP contribution is -2.45. The lowest BCUT2D eigenvalue weighted by Gasteiger charge is -2.35. The Hall–Kier alpha value is -1.83. The fourth-order valence-corrected chi connectivity index (χ4v) is 1.71. The molecule has 1 aromatic heterocycles. The molecule has 0 aliphatic carbocycles. The van der Waals surface area contributed by atoms with E-state index >= 15 is 0 Å². The SMILES string of the molecule is [NH-]c1ccc(F)c(C2(C(F)F)COCC(N)=N2)n1. The molecule has 1 atom stereocenters. The number of pyridine rings is 1. The number of aliphatic imine (C=N–C) groups is 1. The predicted octanol–water partition coefficient (Wildman–Crippen LogP) is 1.75. The highest BCUT2D eigenvalue weighted by Gasteiger charge is 2.45. The van der Waals surface area contributed by atoms with E-state index in [-0.39, 0.29) is 18.3 Å². The van der Waals surface area contributed by atoms with Crippen LogP contribution in [0.3, 0.4) is 0 Å². The minimum atomic E-state index is -3.04. The van der Waals surface area contributed by atoms with Gasteiger partial charge < -0.3 is 21.2 Å². The van der Waals surface area contributed by atoms with E-state index in [0.29, 0.717) is 0 Å². The van der Waals surface area contributed by atoms with E-state index in [2.05, 4.69) is 9.98 Å². The third-order valence-corrected chi connectivity index (χ3v) is 2.53. The Morgan fingerprint density at radius 3 is 2.78 bits per heavy atom. The van der Waals surface area contributed by atoms with Crippen molar-refractivity contribution in [3.05, 3.63) is 29.4 Å². The molecule has 1 aliphatic heterocycles. The van der Waals surface area contributed by atoms with Crippen molar-refractivity contribution < 1.29 is 17.9 Å². The van der Waals surface area contributed by atoms with Crippen LogP contribution in [0.1, 0.15) is 5.69 Å². The highest BCUT2D eigenvalue weighted by molar-refractivity contribution is 5.82. The van der Waals surface area contributed by atoms with Crippen LogP contribution in [0.15, 0.2) is 17.1 Å². The molecule has 1 aliphatic rings. The van der Waals surface area contributed by atoms with Gasteiger partial charge in [0.25, 0.3) is 6.43 Å². The number of ether oxygens (including phenoxy) is 1. The predicted molar refractivity (Wildman–Crippen MR) is 58.3 cm³/mol. The minimum absolute atomic E-state index is 0.0867. The van der Waals surface area contributed by atoms with Crippen molar-refractivity contribution >= 4 is 11.7 Å². The topological polar surface area (TPSA) is 84.3 Å². The fourth-order valence-electron chi connectivity index (χ4n) is 1.71. The number of nitrogens with zero attached hydrogens (tertiary/aromatic N) is 2. The number of nitrogens with two attached hydrogens (primary N) is 1. The summed E-state index contributed by atoms with van der Waals surface area (Å²) in [4.78, 5) is 7.11. The first-order chi connectivity index (χ1) is 8.45. The van der Waals surface area contributed by atoms with Crippen LogP contribution < -0.4 is 5.73 Å². The number of amidine groups is 1. The molecular weight excluding hydrogens is 249 g/mol. The first-order valence-electron chi connectivity index (χ1n) is 5.04. The van der Waals surface area contributed by atoms with Gasteiger partial charge in [-0.3, -0.25) is 4.99 Å². The molecule has 0 saturated carbocycles. The maximum atomic E-state index is 13.6. The zero-order valence-corrected chi connectivity index (χ0v) is 9.16. The van der Waals surface area contributed by atoms with Crippen LogP contribution in [0.25, 0.3) is 5.73 Å². The zero-order valence-electron chi connectivity index (χ0n) is 9.16. The lowest BCUT2D eigenvalue weighted by atomic mass is 9.95. The van der Waals surface area contributed by atoms with Crippen molar-refractivity contribution in [1.29, 1.82) is 0 Å². The molecule has 5 nitrogen and oxygen atoms in total. The first-order valence-corrected chi connectivity index (χ1v) is 5.04. The molecule has 0 radical (unpaired) electrons. The van der Waals surface area contributed by atoms with Crippen LogP contribution in [0.4, 0.5) is 19.0 Å². The number of aromatic nitrogens is 1. The third kappa shape index (κ3) is 1.99. The summed E-state index contributed by atoms with van der Waals surface area (Å²) in [5.41, 5.74) is 9.76. The molecule has 0 fully saturated rings. The van der Waals surface area contributed by atoms with Gasteiger partial charge in [0.15, 0.2) is 5.54 Å². The Labute approximate surface area is 101 Å². The Morgan fingerprint density at radius 2 is 2.17 bits per heavy atom. The van der Waals surface area contributed by atoms with E-state index in [1.54, 1.807) is 0 Å². The Balaban J connectivity index is 2.61. The number of halogens is 3. The molecule has 18 heavy (non-hydrogen) atoms. The van der Waals surface area contributed by atoms with Crippen LogP contribution >= 0.6 is 0 Å². The van der Waals surface area contributed by atoms with Gasteiger partial charge in [0.1, 0.15) is 18.3 Å². The second-order valence-electron chi connectivity index (χ2n) is 3.85. The average molecular weight is 259 g/mol. The zero-order chi connectivity index (χ0) is 13.3.